The van der Waals surface area contributed by atoms with Crippen molar-refractivity contribution in [2.45, 2.75) is 32.1 Å². The van der Waals surface area contributed by atoms with E-state index in [1.165, 1.54) is 6.42 Å². The highest BCUT2D eigenvalue weighted by molar-refractivity contribution is 6.16. The average molecular weight is 311 g/mol. The summed E-state index contributed by atoms with van der Waals surface area (Å²) in [6.45, 7) is 2.84. The largest absolute Gasteiger partial charge is 0.493 e. The smallest absolute Gasteiger partial charge is 0.241 e. The summed E-state index contributed by atoms with van der Waals surface area (Å²) in [6.07, 6.45) is 3.36. The van der Waals surface area contributed by atoms with Gasteiger partial charge >= 0.3 is 0 Å². The number of benzene rings is 1. The molecule has 114 valence electrons. The molecule has 0 bridgehead atoms. The molecule has 0 aliphatic heterocycles. The molecule has 0 atom stereocenters. The highest BCUT2D eigenvalue weighted by Gasteiger charge is 2.12. The third kappa shape index (κ3) is 4.11. The number of methoxy groups -OCH3 is 1. The molecule has 1 aromatic heterocycles. The summed E-state index contributed by atoms with van der Waals surface area (Å²) in [6, 6.07) is 5.56. The van der Waals surface area contributed by atoms with Crippen molar-refractivity contribution in [2.75, 3.05) is 13.7 Å². The van der Waals surface area contributed by atoms with Crippen molar-refractivity contribution in [3.05, 3.63) is 24.1 Å². The molecule has 0 N–H and O–H groups in total. The predicted molar refractivity (Wildman–Crippen MR) is 80.9 cm³/mol. The molecule has 0 aliphatic rings. The summed E-state index contributed by atoms with van der Waals surface area (Å²) >= 11 is 5.65. The molecule has 0 radical (unpaired) electrons. The first-order valence-corrected chi connectivity index (χ1v) is 7.51. The molecule has 1 heterocycles. The maximum Gasteiger partial charge on any atom is 0.241 e. The summed E-state index contributed by atoms with van der Waals surface area (Å²) in [5, 5.41) is 3.88. The van der Waals surface area contributed by atoms with Crippen molar-refractivity contribution in [1.29, 1.82) is 0 Å². The van der Waals surface area contributed by atoms with Crippen LogP contribution in [0.3, 0.4) is 0 Å². The van der Waals surface area contributed by atoms with Gasteiger partial charge in [0.05, 0.1) is 13.7 Å². The molecule has 0 spiro atoms. The topological polar surface area (TPSA) is 57.4 Å². The van der Waals surface area contributed by atoms with E-state index in [9.17, 15) is 0 Å². The normalized spacial score (nSPS) is 10.6. The summed E-state index contributed by atoms with van der Waals surface area (Å²) in [7, 11) is 1.61. The van der Waals surface area contributed by atoms with Gasteiger partial charge in [0.25, 0.3) is 0 Å². The zero-order chi connectivity index (χ0) is 15.1. The van der Waals surface area contributed by atoms with Crippen LogP contribution in [-0.4, -0.2) is 23.9 Å². The van der Waals surface area contributed by atoms with Crippen LogP contribution in [0.1, 0.15) is 32.1 Å². The molecule has 2 rings (SSSR count). The Morgan fingerprint density at radius 3 is 2.76 bits per heavy atom. The third-order valence-corrected chi connectivity index (χ3v) is 3.24. The number of aromatic nitrogens is 2. The second-order valence-corrected chi connectivity index (χ2v) is 4.83. The van der Waals surface area contributed by atoms with E-state index >= 15 is 0 Å². The van der Waals surface area contributed by atoms with Crippen LogP contribution in [0.25, 0.3) is 11.4 Å². The third-order valence-electron chi connectivity index (χ3n) is 3.01. The molecule has 6 heteroatoms. The van der Waals surface area contributed by atoms with Gasteiger partial charge in [-0.1, -0.05) is 24.9 Å². The lowest BCUT2D eigenvalue weighted by atomic mass is 10.2. The maximum absolute atomic E-state index is 5.74. The Bertz CT molecular complexity index is 572. The van der Waals surface area contributed by atoms with Gasteiger partial charge in [0.2, 0.25) is 11.7 Å². The Kier molecular flexibility index (Phi) is 5.87. The molecular formula is C15H19ClN2O3. The summed E-state index contributed by atoms with van der Waals surface area (Å²) in [4.78, 5) is 4.18. The molecule has 2 aromatic rings. The van der Waals surface area contributed by atoms with Crippen molar-refractivity contribution in [1.82, 2.24) is 10.1 Å². The minimum absolute atomic E-state index is 0.197. The number of ether oxygens (including phenoxy) is 2. The quantitative estimate of drug-likeness (QED) is 0.544. The molecule has 0 amide bonds. The first-order chi connectivity index (χ1) is 10.3. The van der Waals surface area contributed by atoms with Crippen LogP contribution < -0.4 is 9.47 Å². The Labute approximate surface area is 129 Å². The minimum atomic E-state index is 0.197. The van der Waals surface area contributed by atoms with E-state index in [1.807, 2.05) is 18.2 Å². The van der Waals surface area contributed by atoms with Crippen LogP contribution in [0, 0.1) is 0 Å². The molecule has 0 unspecified atom stereocenters. The highest BCUT2D eigenvalue weighted by Crippen LogP contribution is 2.31. The van der Waals surface area contributed by atoms with Gasteiger partial charge < -0.3 is 14.0 Å². The highest BCUT2D eigenvalue weighted by atomic mass is 35.5. The van der Waals surface area contributed by atoms with Gasteiger partial charge in [0.1, 0.15) is 5.88 Å². The number of unbranched alkanes of at least 4 members (excludes halogenated alkanes) is 2. The van der Waals surface area contributed by atoms with Gasteiger partial charge in [-0.05, 0) is 24.6 Å². The van der Waals surface area contributed by atoms with Crippen LogP contribution in [0.2, 0.25) is 0 Å². The lowest BCUT2D eigenvalue weighted by Crippen LogP contribution is -1.99. The first-order valence-electron chi connectivity index (χ1n) is 6.98. The van der Waals surface area contributed by atoms with Crippen molar-refractivity contribution in [3.8, 4) is 22.9 Å². The molecule has 0 saturated carbocycles. The lowest BCUT2D eigenvalue weighted by Gasteiger charge is -2.11. The lowest BCUT2D eigenvalue weighted by molar-refractivity contribution is 0.286. The second-order valence-electron chi connectivity index (χ2n) is 4.57. The van der Waals surface area contributed by atoms with Crippen molar-refractivity contribution in [3.63, 3.8) is 0 Å². The average Bonchev–Trinajstić information content (AvgIpc) is 3.00. The Morgan fingerprint density at radius 2 is 2.10 bits per heavy atom. The standard InChI is InChI=1S/C15H19ClN2O3/c1-3-4-5-8-20-12-7-6-11(9-13(12)19-2)15-17-14(10-16)21-18-15/h6-7,9H,3-5,8,10H2,1-2H3. The fraction of sp³-hybridized carbons (Fsp3) is 0.467. The molecule has 5 nitrogen and oxygen atoms in total. The monoisotopic (exact) mass is 310 g/mol. The molecule has 0 saturated heterocycles. The Morgan fingerprint density at radius 1 is 1.24 bits per heavy atom. The number of hydrogen-bond donors (Lipinski definition) is 0. The van der Waals surface area contributed by atoms with Crippen molar-refractivity contribution < 1.29 is 14.0 Å². The Hall–Kier alpha value is -1.75. The SMILES string of the molecule is CCCCCOc1ccc(-c2noc(CCl)n2)cc1OC. The summed E-state index contributed by atoms with van der Waals surface area (Å²) in [5.74, 6) is 2.45. The maximum atomic E-state index is 5.74. The van der Waals surface area contributed by atoms with Crippen molar-refractivity contribution in [2.24, 2.45) is 0 Å². The van der Waals surface area contributed by atoms with Gasteiger partial charge in [0, 0.05) is 5.56 Å². The summed E-state index contributed by atoms with van der Waals surface area (Å²) < 4.78 is 16.1. The van der Waals surface area contributed by atoms with E-state index in [0.29, 0.717) is 24.1 Å². The van der Waals surface area contributed by atoms with E-state index in [-0.39, 0.29) is 5.88 Å². The van der Waals surface area contributed by atoms with E-state index in [4.69, 9.17) is 25.6 Å². The van der Waals surface area contributed by atoms with Gasteiger partial charge in [-0.2, -0.15) is 4.98 Å². The number of nitrogens with zero attached hydrogens (tertiary/aromatic N) is 2. The summed E-state index contributed by atoms with van der Waals surface area (Å²) in [5.41, 5.74) is 0.799. The van der Waals surface area contributed by atoms with E-state index in [1.54, 1.807) is 7.11 Å². The molecular weight excluding hydrogens is 292 g/mol. The van der Waals surface area contributed by atoms with Crippen molar-refractivity contribution >= 4 is 11.6 Å². The minimum Gasteiger partial charge on any atom is -0.493 e. The van der Waals surface area contributed by atoms with Crippen LogP contribution >= 0.6 is 11.6 Å². The van der Waals surface area contributed by atoms with Gasteiger partial charge in [-0.3, -0.25) is 0 Å². The van der Waals surface area contributed by atoms with Crippen LogP contribution in [0.5, 0.6) is 11.5 Å². The van der Waals surface area contributed by atoms with E-state index in [2.05, 4.69) is 17.1 Å². The van der Waals surface area contributed by atoms with Gasteiger partial charge in [0.15, 0.2) is 11.5 Å². The molecule has 1 aromatic carbocycles. The zero-order valence-electron chi connectivity index (χ0n) is 12.3. The second kappa shape index (κ2) is 7.88. The molecule has 21 heavy (non-hydrogen) atoms. The van der Waals surface area contributed by atoms with E-state index < -0.39 is 0 Å². The van der Waals surface area contributed by atoms with Crippen LogP contribution in [0.15, 0.2) is 22.7 Å². The van der Waals surface area contributed by atoms with Gasteiger partial charge in [-0.15, -0.1) is 11.6 Å². The number of halogens is 1. The first kappa shape index (κ1) is 15.6. The molecule has 0 aliphatic carbocycles. The van der Waals surface area contributed by atoms with E-state index in [0.717, 1.165) is 24.2 Å². The van der Waals surface area contributed by atoms with Gasteiger partial charge in [-0.25, -0.2) is 0 Å². The number of hydrogen-bond acceptors (Lipinski definition) is 5. The fourth-order valence-corrected chi connectivity index (χ4v) is 2.00. The zero-order valence-corrected chi connectivity index (χ0v) is 13.0. The fourth-order valence-electron chi connectivity index (χ4n) is 1.89. The van der Waals surface area contributed by atoms with Crippen LogP contribution in [-0.2, 0) is 5.88 Å². The van der Waals surface area contributed by atoms with Crippen LogP contribution in [0.4, 0.5) is 0 Å². The molecule has 0 fully saturated rings. The predicted octanol–water partition coefficient (Wildman–Crippen LogP) is 4.05. The number of rotatable bonds is 8. The number of alkyl halides is 1. The Balaban J connectivity index is 2.11.